The van der Waals surface area contributed by atoms with Crippen molar-refractivity contribution in [2.75, 3.05) is 32.8 Å². The first-order chi connectivity index (χ1) is 10.1. The molecule has 2 aliphatic rings. The Balaban J connectivity index is 1.55. The second kappa shape index (κ2) is 6.19. The van der Waals surface area contributed by atoms with Crippen LogP contribution in [0.2, 0.25) is 0 Å². The minimum Gasteiger partial charge on any atom is -0.444 e. The van der Waals surface area contributed by atoms with Gasteiger partial charge in [0.25, 0.3) is 11.8 Å². The van der Waals surface area contributed by atoms with Gasteiger partial charge in [-0.15, -0.1) is 0 Å². The van der Waals surface area contributed by atoms with Crippen LogP contribution in [0.15, 0.2) is 21.2 Å². The summed E-state index contributed by atoms with van der Waals surface area (Å²) in [5, 5.41) is 0. The number of carbonyl (C=O) groups is 2. The van der Waals surface area contributed by atoms with E-state index in [-0.39, 0.29) is 17.9 Å². The third-order valence-electron chi connectivity index (χ3n) is 3.87. The van der Waals surface area contributed by atoms with E-state index in [4.69, 9.17) is 9.15 Å². The molecule has 1 atom stereocenters. The van der Waals surface area contributed by atoms with Crippen molar-refractivity contribution in [3.05, 3.63) is 22.6 Å². The number of ether oxygens (including phenoxy) is 1. The smallest absolute Gasteiger partial charge is 0.289 e. The average molecular weight is 357 g/mol. The van der Waals surface area contributed by atoms with Crippen molar-refractivity contribution < 1.29 is 18.7 Å². The summed E-state index contributed by atoms with van der Waals surface area (Å²) in [5.74, 6) is 0.242. The molecule has 0 aromatic carbocycles. The van der Waals surface area contributed by atoms with E-state index in [0.29, 0.717) is 43.2 Å². The largest absolute Gasteiger partial charge is 0.444 e. The lowest BCUT2D eigenvalue weighted by molar-refractivity contribution is -0.142. The number of hydrogen-bond acceptors (Lipinski definition) is 4. The highest BCUT2D eigenvalue weighted by Crippen LogP contribution is 2.18. The summed E-state index contributed by atoms with van der Waals surface area (Å²) in [6.45, 7) is 2.81. The molecule has 0 radical (unpaired) electrons. The number of piperazine rings is 1. The lowest BCUT2D eigenvalue weighted by atomic mass is 10.2. The normalized spacial score (nSPS) is 22.6. The van der Waals surface area contributed by atoms with Crippen LogP contribution in [-0.4, -0.2) is 60.5 Å². The summed E-state index contributed by atoms with van der Waals surface area (Å²) in [5.41, 5.74) is 0. The molecule has 2 amide bonds. The molecule has 0 N–H and O–H groups in total. The van der Waals surface area contributed by atoms with E-state index in [1.807, 2.05) is 0 Å². The predicted molar refractivity (Wildman–Crippen MR) is 77.9 cm³/mol. The Morgan fingerprint density at radius 2 is 1.86 bits per heavy atom. The lowest BCUT2D eigenvalue weighted by Gasteiger charge is -2.35. The fourth-order valence-electron chi connectivity index (χ4n) is 2.69. The minimum atomic E-state index is -0.284. The van der Waals surface area contributed by atoms with Crippen molar-refractivity contribution >= 4 is 27.7 Å². The topological polar surface area (TPSA) is 63.0 Å². The third kappa shape index (κ3) is 3.13. The van der Waals surface area contributed by atoms with Crippen LogP contribution in [0.25, 0.3) is 0 Å². The van der Waals surface area contributed by atoms with Crippen LogP contribution in [0.1, 0.15) is 23.4 Å². The SMILES string of the molecule is O=C(c1ccc(Br)o1)N1CCN(C(=O)C2CCCO2)CC1. The summed E-state index contributed by atoms with van der Waals surface area (Å²) in [6, 6.07) is 3.35. The van der Waals surface area contributed by atoms with E-state index in [9.17, 15) is 9.59 Å². The van der Waals surface area contributed by atoms with Gasteiger partial charge in [-0.2, -0.15) is 0 Å². The number of halogens is 1. The fraction of sp³-hybridized carbons (Fsp3) is 0.571. The monoisotopic (exact) mass is 356 g/mol. The average Bonchev–Trinajstić information content (AvgIpc) is 3.17. The maximum Gasteiger partial charge on any atom is 0.289 e. The van der Waals surface area contributed by atoms with Gasteiger partial charge in [0.15, 0.2) is 10.4 Å². The Hall–Kier alpha value is -1.34. The van der Waals surface area contributed by atoms with Crippen LogP contribution in [0, 0.1) is 0 Å². The molecule has 0 aliphatic carbocycles. The molecule has 114 valence electrons. The van der Waals surface area contributed by atoms with Gasteiger partial charge in [-0.1, -0.05) is 0 Å². The van der Waals surface area contributed by atoms with E-state index in [0.717, 1.165) is 12.8 Å². The Morgan fingerprint density at radius 3 is 2.43 bits per heavy atom. The maximum absolute atomic E-state index is 12.2. The maximum atomic E-state index is 12.2. The molecule has 0 spiro atoms. The highest BCUT2D eigenvalue weighted by molar-refractivity contribution is 9.10. The molecule has 3 rings (SSSR count). The van der Waals surface area contributed by atoms with Crippen molar-refractivity contribution in [2.45, 2.75) is 18.9 Å². The summed E-state index contributed by atoms with van der Waals surface area (Å²) in [6.07, 6.45) is 1.47. The van der Waals surface area contributed by atoms with E-state index in [1.54, 1.807) is 21.9 Å². The van der Waals surface area contributed by atoms with Crippen molar-refractivity contribution in [1.82, 2.24) is 9.80 Å². The molecule has 0 bridgehead atoms. The Morgan fingerprint density at radius 1 is 1.14 bits per heavy atom. The van der Waals surface area contributed by atoms with Gasteiger partial charge in [-0.3, -0.25) is 9.59 Å². The number of furan rings is 1. The van der Waals surface area contributed by atoms with Gasteiger partial charge >= 0.3 is 0 Å². The van der Waals surface area contributed by atoms with E-state index in [1.165, 1.54) is 0 Å². The van der Waals surface area contributed by atoms with Crippen molar-refractivity contribution in [1.29, 1.82) is 0 Å². The number of amides is 2. The number of hydrogen-bond donors (Lipinski definition) is 0. The van der Waals surface area contributed by atoms with E-state index < -0.39 is 0 Å². The van der Waals surface area contributed by atoms with Gasteiger partial charge in [-0.05, 0) is 40.9 Å². The van der Waals surface area contributed by atoms with Gasteiger partial charge in [0.2, 0.25) is 0 Å². The standard InChI is InChI=1S/C14H17BrN2O4/c15-12-4-3-11(21-12)14(19)17-7-5-16(6-8-17)13(18)10-2-1-9-20-10/h3-4,10H,1-2,5-9H2. The van der Waals surface area contributed by atoms with Crippen LogP contribution < -0.4 is 0 Å². The van der Waals surface area contributed by atoms with Crippen LogP contribution >= 0.6 is 15.9 Å². The molecule has 7 heteroatoms. The zero-order chi connectivity index (χ0) is 14.8. The highest BCUT2D eigenvalue weighted by Gasteiger charge is 2.31. The molecule has 2 aliphatic heterocycles. The molecule has 2 fully saturated rings. The first-order valence-electron chi connectivity index (χ1n) is 7.10. The summed E-state index contributed by atoms with van der Waals surface area (Å²) >= 11 is 3.19. The van der Waals surface area contributed by atoms with Crippen molar-refractivity contribution in [3.8, 4) is 0 Å². The molecule has 2 saturated heterocycles. The number of rotatable bonds is 2. The molecular weight excluding hydrogens is 340 g/mol. The fourth-order valence-corrected chi connectivity index (χ4v) is 3.00. The van der Waals surface area contributed by atoms with Crippen molar-refractivity contribution in [2.24, 2.45) is 0 Å². The zero-order valence-electron chi connectivity index (χ0n) is 11.6. The van der Waals surface area contributed by atoms with Gasteiger partial charge in [0, 0.05) is 32.8 Å². The minimum absolute atomic E-state index is 0.0559. The molecule has 1 unspecified atom stereocenters. The Labute approximate surface area is 131 Å². The Kier molecular flexibility index (Phi) is 4.30. The first kappa shape index (κ1) is 14.6. The van der Waals surface area contributed by atoms with Crippen molar-refractivity contribution in [3.63, 3.8) is 0 Å². The second-order valence-electron chi connectivity index (χ2n) is 5.22. The van der Waals surface area contributed by atoms with Crippen LogP contribution in [0.5, 0.6) is 0 Å². The molecule has 1 aromatic rings. The quantitative estimate of drug-likeness (QED) is 0.805. The van der Waals surface area contributed by atoms with Crippen LogP contribution in [-0.2, 0) is 9.53 Å². The predicted octanol–water partition coefficient (Wildman–Crippen LogP) is 1.51. The van der Waals surface area contributed by atoms with Gasteiger partial charge in [0.1, 0.15) is 6.10 Å². The first-order valence-corrected chi connectivity index (χ1v) is 7.89. The second-order valence-corrected chi connectivity index (χ2v) is 6.00. The summed E-state index contributed by atoms with van der Waals surface area (Å²) < 4.78 is 11.2. The number of nitrogens with zero attached hydrogens (tertiary/aromatic N) is 2. The summed E-state index contributed by atoms with van der Waals surface area (Å²) in [7, 11) is 0. The molecule has 1 aromatic heterocycles. The molecule has 0 saturated carbocycles. The zero-order valence-corrected chi connectivity index (χ0v) is 13.2. The van der Waals surface area contributed by atoms with E-state index in [2.05, 4.69) is 15.9 Å². The number of carbonyl (C=O) groups excluding carboxylic acids is 2. The van der Waals surface area contributed by atoms with Gasteiger partial charge < -0.3 is 19.0 Å². The Bertz CT molecular complexity index is 531. The van der Waals surface area contributed by atoms with Gasteiger partial charge in [0.05, 0.1) is 0 Å². The molecular formula is C14H17BrN2O4. The lowest BCUT2D eigenvalue weighted by Crippen LogP contribution is -2.52. The van der Waals surface area contributed by atoms with Crippen LogP contribution in [0.4, 0.5) is 0 Å². The van der Waals surface area contributed by atoms with E-state index >= 15 is 0 Å². The van der Waals surface area contributed by atoms with Crippen LogP contribution in [0.3, 0.4) is 0 Å². The third-order valence-corrected chi connectivity index (χ3v) is 4.29. The highest BCUT2D eigenvalue weighted by atomic mass is 79.9. The molecule has 3 heterocycles. The summed E-state index contributed by atoms with van der Waals surface area (Å²) in [4.78, 5) is 28.0. The molecule has 6 nitrogen and oxygen atoms in total. The molecule has 21 heavy (non-hydrogen) atoms. The van der Waals surface area contributed by atoms with Gasteiger partial charge in [-0.25, -0.2) is 0 Å².